The van der Waals surface area contributed by atoms with E-state index in [0.29, 0.717) is 13.1 Å². The molecule has 5 heteroatoms. The number of benzene rings is 2. The summed E-state index contributed by atoms with van der Waals surface area (Å²) in [5, 5.41) is 5.97. The molecule has 0 radical (unpaired) electrons. The Kier molecular flexibility index (Phi) is 6.82. The summed E-state index contributed by atoms with van der Waals surface area (Å²) in [5.41, 5.74) is 9.43. The first kappa shape index (κ1) is 20.1. The molecule has 28 heavy (non-hydrogen) atoms. The molecule has 1 aliphatic rings. The van der Waals surface area contributed by atoms with Crippen molar-refractivity contribution in [2.75, 3.05) is 5.32 Å². The average molecular weight is 380 g/mol. The van der Waals surface area contributed by atoms with Gasteiger partial charge in [0.1, 0.15) is 0 Å². The molecule has 0 aromatic heterocycles. The number of hydrogen-bond acceptors (Lipinski definition) is 3. The van der Waals surface area contributed by atoms with E-state index in [2.05, 4.69) is 10.6 Å². The molecule has 0 bridgehead atoms. The van der Waals surface area contributed by atoms with E-state index >= 15 is 0 Å². The minimum absolute atomic E-state index is 0.0226. The molecule has 1 unspecified atom stereocenters. The van der Waals surface area contributed by atoms with Gasteiger partial charge in [-0.2, -0.15) is 0 Å². The van der Waals surface area contributed by atoms with Gasteiger partial charge >= 0.3 is 0 Å². The Morgan fingerprint density at radius 1 is 1.00 bits per heavy atom. The quantitative estimate of drug-likeness (QED) is 0.686. The number of hydrogen-bond donors (Lipinski definition) is 3. The van der Waals surface area contributed by atoms with Crippen molar-refractivity contribution >= 4 is 17.5 Å². The fourth-order valence-electron chi connectivity index (χ4n) is 3.57. The van der Waals surface area contributed by atoms with Gasteiger partial charge in [-0.1, -0.05) is 49.2 Å². The zero-order valence-electron chi connectivity index (χ0n) is 16.4. The summed E-state index contributed by atoms with van der Waals surface area (Å²) in [6.45, 7) is 2.89. The van der Waals surface area contributed by atoms with Gasteiger partial charge in [0, 0.05) is 24.7 Å². The predicted molar refractivity (Wildman–Crippen MR) is 112 cm³/mol. The molecule has 2 amide bonds. The van der Waals surface area contributed by atoms with Crippen molar-refractivity contribution in [3.63, 3.8) is 0 Å². The van der Waals surface area contributed by atoms with Crippen LogP contribution in [0.3, 0.4) is 0 Å². The zero-order valence-corrected chi connectivity index (χ0v) is 16.4. The predicted octanol–water partition coefficient (Wildman–Crippen LogP) is 3.69. The number of amides is 2. The van der Waals surface area contributed by atoms with Gasteiger partial charge in [0.2, 0.25) is 11.8 Å². The Hall–Kier alpha value is -2.66. The molecule has 0 spiro atoms. The molecule has 2 aromatic rings. The normalized spacial score (nSPS) is 15.2. The van der Waals surface area contributed by atoms with Crippen LogP contribution in [0.25, 0.3) is 0 Å². The summed E-state index contributed by atoms with van der Waals surface area (Å²) in [6, 6.07) is 15.5. The van der Waals surface area contributed by atoms with E-state index in [0.717, 1.165) is 48.1 Å². The van der Waals surface area contributed by atoms with Gasteiger partial charge < -0.3 is 16.4 Å². The lowest BCUT2D eigenvalue weighted by atomic mass is 9.99. The Balaban J connectivity index is 1.51. The van der Waals surface area contributed by atoms with Gasteiger partial charge in [-0.15, -0.1) is 0 Å². The summed E-state index contributed by atoms with van der Waals surface area (Å²) in [7, 11) is 0. The van der Waals surface area contributed by atoms with Crippen molar-refractivity contribution in [3.8, 4) is 0 Å². The number of nitrogens with one attached hydrogen (secondary N) is 2. The van der Waals surface area contributed by atoms with Crippen molar-refractivity contribution in [1.29, 1.82) is 0 Å². The van der Waals surface area contributed by atoms with E-state index in [-0.39, 0.29) is 23.7 Å². The van der Waals surface area contributed by atoms with E-state index in [4.69, 9.17) is 5.73 Å². The average Bonchev–Trinajstić information content (AvgIpc) is 3.27. The van der Waals surface area contributed by atoms with Crippen molar-refractivity contribution < 1.29 is 9.59 Å². The van der Waals surface area contributed by atoms with Crippen molar-refractivity contribution in [2.24, 2.45) is 11.7 Å². The van der Waals surface area contributed by atoms with Gasteiger partial charge in [-0.25, -0.2) is 0 Å². The number of rotatable bonds is 7. The van der Waals surface area contributed by atoms with Crippen LogP contribution in [0.15, 0.2) is 48.5 Å². The third-order valence-corrected chi connectivity index (χ3v) is 5.52. The van der Waals surface area contributed by atoms with Crippen LogP contribution in [0.1, 0.15) is 55.2 Å². The van der Waals surface area contributed by atoms with Crippen LogP contribution in [0, 0.1) is 5.92 Å². The molecule has 0 saturated heterocycles. The smallest absolute Gasteiger partial charge is 0.227 e. The molecule has 3 rings (SSSR count). The van der Waals surface area contributed by atoms with Crippen LogP contribution < -0.4 is 16.4 Å². The van der Waals surface area contributed by atoms with Crippen molar-refractivity contribution in [2.45, 2.75) is 51.6 Å². The van der Waals surface area contributed by atoms with Gasteiger partial charge in [0.25, 0.3) is 0 Å². The van der Waals surface area contributed by atoms with E-state index in [1.807, 2.05) is 55.5 Å². The van der Waals surface area contributed by atoms with Gasteiger partial charge in [-0.05, 0) is 48.6 Å². The third-order valence-electron chi connectivity index (χ3n) is 5.52. The minimum Gasteiger partial charge on any atom is -0.352 e. The van der Waals surface area contributed by atoms with Gasteiger partial charge in [-0.3, -0.25) is 9.59 Å². The molecule has 5 nitrogen and oxygen atoms in total. The molecule has 4 N–H and O–H groups in total. The molecular formula is C23H29N3O2. The minimum atomic E-state index is -0.261. The van der Waals surface area contributed by atoms with Crippen molar-refractivity contribution in [3.05, 3.63) is 65.2 Å². The molecule has 1 fully saturated rings. The molecular weight excluding hydrogens is 350 g/mol. The van der Waals surface area contributed by atoms with Crippen molar-refractivity contribution in [1.82, 2.24) is 5.32 Å². The monoisotopic (exact) mass is 379 g/mol. The fraction of sp³-hybridized carbons (Fsp3) is 0.391. The maximum atomic E-state index is 12.5. The second-order valence-electron chi connectivity index (χ2n) is 7.55. The second-order valence-corrected chi connectivity index (χ2v) is 7.55. The van der Waals surface area contributed by atoms with Crippen LogP contribution in [0.5, 0.6) is 0 Å². The molecule has 1 saturated carbocycles. The maximum Gasteiger partial charge on any atom is 0.227 e. The number of carbonyl (C=O) groups excluding carboxylic acids is 2. The molecule has 2 aromatic carbocycles. The number of nitrogens with two attached hydrogens (primary N) is 1. The first-order valence-corrected chi connectivity index (χ1v) is 10.0. The molecule has 1 atom stereocenters. The zero-order chi connectivity index (χ0) is 19.9. The Bertz CT molecular complexity index is 794. The summed E-state index contributed by atoms with van der Waals surface area (Å²) in [5.74, 6) is -0.0338. The molecule has 0 heterocycles. The van der Waals surface area contributed by atoms with Crippen LogP contribution in [0.4, 0.5) is 5.69 Å². The lowest BCUT2D eigenvalue weighted by molar-refractivity contribution is -0.122. The maximum absolute atomic E-state index is 12.5. The largest absolute Gasteiger partial charge is 0.352 e. The standard InChI is InChI=1S/C23H29N3O2/c1-16(22(27)25-15-18-8-6-17(14-24)7-9-18)19-10-12-21(13-11-19)26-23(28)20-4-2-3-5-20/h6-13,16,20H,2-5,14-15,24H2,1H3,(H,25,27)(H,26,28). The highest BCUT2D eigenvalue weighted by Gasteiger charge is 2.22. The van der Waals surface area contributed by atoms with Gasteiger partial charge in [0.05, 0.1) is 5.92 Å². The highest BCUT2D eigenvalue weighted by atomic mass is 16.2. The first-order chi connectivity index (χ1) is 13.6. The van der Waals surface area contributed by atoms with Gasteiger partial charge in [0.15, 0.2) is 0 Å². The van der Waals surface area contributed by atoms with Crippen LogP contribution >= 0.6 is 0 Å². The van der Waals surface area contributed by atoms with E-state index in [9.17, 15) is 9.59 Å². The third kappa shape index (κ3) is 5.20. The Labute approximate surface area is 166 Å². The van der Waals surface area contributed by atoms with Crippen LogP contribution in [0.2, 0.25) is 0 Å². The summed E-state index contributed by atoms with van der Waals surface area (Å²) in [4.78, 5) is 24.7. The lowest BCUT2D eigenvalue weighted by Crippen LogP contribution is -2.27. The van der Waals surface area contributed by atoms with E-state index < -0.39 is 0 Å². The molecule has 1 aliphatic carbocycles. The Morgan fingerprint density at radius 2 is 1.61 bits per heavy atom. The fourth-order valence-corrected chi connectivity index (χ4v) is 3.57. The number of anilines is 1. The topological polar surface area (TPSA) is 84.2 Å². The highest BCUT2D eigenvalue weighted by molar-refractivity contribution is 5.92. The summed E-state index contributed by atoms with van der Waals surface area (Å²) < 4.78 is 0. The molecule has 148 valence electrons. The van der Waals surface area contributed by atoms with E-state index in [1.165, 1.54) is 0 Å². The Morgan fingerprint density at radius 3 is 2.21 bits per heavy atom. The molecule has 0 aliphatic heterocycles. The van der Waals surface area contributed by atoms with Crippen LogP contribution in [-0.4, -0.2) is 11.8 Å². The van der Waals surface area contributed by atoms with Crippen LogP contribution in [-0.2, 0) is 22.7 Å². The first-order valence-electron chi connectivity index (χ1n) is 10.0. The summed E-state index contributed by atoms with van der Waals surface area (Å²) in [6.07, 6.45) is 4.24. The number of carbonyl (C=O) groups is 2. The highest BCUT2D eigenvalue weighted by Crippen LogP contribution is 2.26. The second kappa shape index (κ2) is 9.51. The SMILES string of the molecule is CC(C(=O)NCc1ccc(CN)cc1)c1ccc(NC(=O)C2CCCC2)cc1. The summed E-state index contributed by atoms with van der Waals surface area (Å²) >= 11 is 0. The van der Waals surface area contributed by atoms with E-state index in [1.54, 1.807) is 0 Å². The lowest BCUT2D eigenvalue weighted by Gasteiger charge is -2.14.